The van der Waals surface area contributed by atoms with Crippen LogP contribution in [0.15, 0.2) is 42.5 Å². The average molecular weight is 234 g/mol. The van der Waals surface area contributed by atoms with E-state index in [1.165, 1.54) is 0 Å². The number of methoxy groups -OCH3 is 1. The second kappa shape index (κ2) is 4.45. The summed E-state index contributed by atoms with van der Waals surface area (Å²) in [6.45, 7) is 0. The van der Waals surface area contributed by atoms with Crippen LogP contribution >= 0.6 is 11.6 Å². The smallest absolute Gasteiger partial charge is 0.118 e. The molecular weight excluding hydrogens is 222 g/mol. The van der Waals surface area contributed by atoms with Gasteiger partial charge in [-0.05, 0) is 29.8 Å². The number of hydrogen-bond donors (Lipinski definition) is 1. The fourth-order valence-electron chi connectivity index (χ4n) is 1.57. The minimum Gasteiger partial charge on any atom is -0.497 e. The topological polar surface area (TPSA) is 35.2 Å². The number of ether oxygens (including phenoxy) is 1. The van der Waals surface area contributed by atoms with Gasteiger partial charge in [0.25, 0.3) is 0 Å². The lowest BCUT2D eigenvalue weighted by Crippen LogP contribution is -1.90. The number of hydrogen-bond acceptors (Lipinski definition) is 2. The van der Waals surface area contributed by atoms with Gasteiger partial charge in [-0.25, -0.2) is 0 Å². The van der Waals surface area contributed by atoms with Crippen molar-refractivity contribution in [1.82, 2.24) is 0 Å². The molecule has 0 unspecified atom stereocenters. The Hall–Kier alpha value is -1.67. The van der Waals surface area contributed by atoms with Crippen molar-refractivity contribution in [2.45, 2.75) is 0 Å². The van der Waals surface area contributed by atoms with Crippen LogP contribution in [0.1, 0.15) is 0 Å². The van der Waals surface area contributed by atoms with Crippen LogP contribution in [-0.2, 0) is 0 Å². The Kier molecular flexibility index (Phi) is 3.02. The molecule has 0 heterocycles. The third-order valence-corrected chi connectivity index (χ3v) is 2.65. The molecule has 0 spiro atoms. The number of nitrogens with two attached hydrogens (primary N) is 1. The van der Waals surface area contributed by atoms with Crippen LogP contribution in [0.25, 0.3) is 11.1 Å². The highest BCUT2D eigenvalue weighted by atomic mass is 35.5. The van der Waals surface area contributed by atoms with Crippen LogP contribution in [-0.4, -0.2) is 7.11 Å². The molecule has 2 N–H and O–H groups in total. The first-order chi connectivity index (χ1) is 7.70. The molecule has 0 aliphatic heterocycles. The molecule has 16 heavy (non-hydrogen) atoms. The molecule has 82 valence electrons. The lowest BCUT2D eigenvalue weighted by atomic mass is 10.0. The van der Waals surface area contributed by atoms with Gasteiger partial charge in [0.15, 0.2) is 0 Å². The first-order valence-corrected chi connectivity index (χ1v) is 5.28. The summed E-state index contributed by atoms with van der Waals surface area (Å²) < 4.78 is 5.10. The SMILES string of the molecule is COc1ccc(-c2ccc(Cl)cc2N)cc1. The van der Waals surface area contributed by atoms with Crippen molar-refractivity contribution in [2.24, 2.45) is 0 Å². The molecule has 2 aromatic rings. The zero-order valence-electron chi connectivity index (χ0n) is 8.91. The second-order valence-corrected chi connectivity index (χ2v) is 3.90. The van der Waals surface area contributed by atoms with E-state index in [1.807, 2.05) is 36.4 Å². The number of anilines is 1. The largest absolute Gasteiger partial charge is 0.497 e. The van der Waals surface area contributed by atoms with E-state index < -0.39 is 0 Å². The molecule has 2 nitrogen and oxygen atoms in total. The number of benzene rings is 2. The number of rotatable bonds is 2. The molecule has 2 rings (SSSR count). The highest BCUT2D eigenvalue weighted by Crippen LogP contribution is 2.29. The van der Waals surface area contributed by atoms with Gasteiger partial charge >= 0.3 is 0 Å². The fourth-order valence-corrected chi connectivity index (χ4v) is 1.75. The third-order valence-electron chi connectivity index (χ3n) is 2.41. The summed E-state index contributed by atoms with van der Waals surface area (Å²) in [5.74, 6) is 0.830. The molecule has 2 aromatic carbocycles. The van der Waals surface area contributed by atoms with Crippen LogP contribution < -0.4 is 10.5 Å². The Bertz CT molecular complexity index is 494. The minimum absolute atomic E-state index is 0.648. The zero-order valence-corrected chi connectivity index (χ0v) is 9.66. The van der Waals surface area contributed by atoms with Crippen molar-refractivity contribution in [3.8, 4) is 16.9 Å². The highest BCUT2D eigenvalue weighted by molar-refractivity contribution is 6.31. The standard InChI is InChI=1S/C13H12ClNO/c1-16-11-5-2-9(3-6-11)12-7-4-10(14)8-13(12)15/h2-8H,15H2,1H3. The molecule has 0 amide bonds. The molecule has 0 radical (unpaired) electrons. The maximum Gasteiger partial charge on any atom is 0.118 e. The average Bonchev–Trinajstić information content (AvgIpc) is 2.29. The van der Waals surface area contributed by atoms with Crippen molar-refractivity contribution in [3.05, 3.63) is 47.5 Å². The Morgan fingerprint density at radius 3 is 2.31 bits per heavy atom. The zero-order chi connectivity index (χ0) is 11.5. The van der Waals surface area contributed by atoms with Crippen molar-refractivity contribution in [1.29, 1.82) is 0 Å². The van der Waals surface area contributed by atoms with E-state index in [4.69, 9.17) is 22.1 Å². The van der Waals surface area contributed by atoms with E-state index in [-0.39, 0.29) is 0 Å². The first-order valence-electron chi connectivity index (χ1n) is 4.90. The van der Waals surface area contributed by atoms with Gasteiger partial charge < -0.3 is 10.5 Å². The highest BCUT2D eigenvalue weighted by Gasteiger charge is 2.03. The summed E-state index contributed by atoms with van der Waals surface area (Å²) in [5, 5.41) is 0.648. The van der Waals surface area contributed by atoms with Crippen LogP contribution in [0, 0.1) is 0 Å². The van der Waals surface area contributed by atoms with Gasteiger partial charge in [-0.1, -0.05) is 29.8 Å². The quantitative estimate of drug-likeness (QED) is 0.805. The van der Waals surface area contributed by atoms with Crippen LogP contribution in [0.2, 0.25) is 5.02 Å². The summed E-state index contributed by atoms with van der Waals surface area (Å²) in [6.07, 6.45) is 0. The molecule has 0 saturated carbocycles. The summed E-state index contributed by atoms with van der Waals surface area (Å²) in [6, 6.07) is 13.3. The van der Waals surface area contributed by atoms with Gasteiger partial charge in [-0.15, -0.1) is 0 Å². The molecule has 0 fully saturated rings. The molecule has 0 aliphatic rings. The predicted molar refractivity (Wildman–Crippen MR) is 67.9 cm³/mol. The summed E-state index contributed by atoms with van der Waals surface area (Å²) in [7, 11) is 1.64. The molecule has 0 atom stereocenters. The van der Waals surface area contributed by atoms with Gasteiger partial charge in [-0.3, -0.25) is 0 Å². The van der Waals surface area contributed by atoms with Gasteiger partial charge in [0.1, 0.15) is 5.75 Å². The normalized spacial score (nSPS) is 10.1. The molecule has 0 bridgehead atoms. The molecule has 3 heteroatoms. The third kappa shape index (κ3) is 2.12. The van der Waals surface area contributed by atoms with Gasteiger partial charge in [-0.2, -0.15) is 0 Å². The van der Waals surface area contributed by atoms with Crippen LogP contribution in [0.4, 0.5) is 5.69 Å². The maximum absolute atomic E-state index is 5.91. The second-order valence-electron chi connectivity index (χ2n) is 3.46. The summed E-state index contributed by atoms with van der Waals surface area (Å²) in [4.78, 5) is 0. The predicted octanol–water partition coefficient (Wildman–Crippen LogP) is 3.60. The lowest BCUT2D eigenvalue weighted by Gasteiger charge is -2.07. The summed E-state index contributed by atoms with van der Waals surface area (Å²) in [5.41, 5.74) is 8.62. The Morgan fingerprint density at radius 1 is 1.06 bits per heavy atom. The van der Waals surface area contributed by atoms with E-state index in [0.29, 0.717) is 10.7 Å². The molecule has 0 saturated heterocycles. The van der Waals surface area contributed by atoms with E-state index in [1.54, 1.807) is 13.2 Å². The van der Waals surface area contributed by atoms with Gasteiger partial charge in [0.2, 0.25) is 0 Å². The minimum atomic E-state index is 0.648. The van der Waals surface area contributed by atoms with Crippen LogP contribution in [0.3, 0.4) is 0 Å². The first kappa shape index (κ1) is 10.8. The van der Waals surface area contributed by atoms with Gasteiger partial charge in [0.05, 0.1) is 7.11 Å². The fraction of sp³-hybridized carbons (Fsp3) is 0.0769. The van der Waals surface area contributed by atoms with E-state index >= 15 is 0 Å². The molecule has 0 aliphatic carbocycles. The van der Waals surface area contributed by atoms with Crippen LogP contribution in [0.5, 0.6) is 5.75 Å². The van der Waals surface area contributed by atoms with Crippen molar-refractivity contribution in [2.75, 3.05) is 12.8 Å². The van der Waals surface area contributed by atoms with Gasteiger partial charge in [0, 0.05) is 16.3 Å². The lowest BCUT2D eigenvalue weighted by molar-refractivity contribution is 0.415. The monoisotopic (exact) mass is 233 g/mol. The number of halogens is 1. The Labute approximate surface area is 99.6 Å². The maximum atomic E-state index is 5.91. The molecule has 0 aromatic heterocycles. The number of nitrogen functional groups attached to an aromatic ring is 1. The van der Waals surface area contributed by atoms with Crippen molar-refractivity contribution >= 4 is 17.3 Å². The van der Waals surface area contributed by atoms with E-state index in [2.05, 4.69) is 0 Å². The summed E-state index contributed by atoms with van der Waals surface area (Å²) >= 11 is 5.85. The van der Waals surface area contributed by atoms with Crippen molar-refractivity contribution in [3.63, 3.8) is 0 Å². The Morgan fingerprint density at radius 2 is 1.75 bits per heavy atom. The molecular formula is C13H12ClNO. The van der Waals surface area contributed by atoms with E-state index in [9.17, 15) is 0 Å². The van der Waals surface area contributed by atoms with E-state index in [0.717, 1.165) is 16.9 Å². The van der Waals surface area contributed by atoms with Crippen molar-refractivity contribution < 1.29 is 4.74 Å². The Balaban J connectivity index is 2.42.